The van der Waals surface area contributed by atoms with Crippen LogP contribution in [0.1, 0.15) is 29.8 Å². The number of hydrogen-bond donors (Lipinski definition) is 1. The molecule has 1 unspecified atom stereocenters. The van der Waals surface area contributed by atoms with E-state index in [2.05, 4.69) is 86.5 Å². The van der Waals surface area contributed by atoms with E-state index in [1.54, 1.807) is 11.3 Å². The van der Waals surface area contributed by atoms with Crippen molar-refractivity contribution in [3.05, 3.63) is 54.2 Å². The highest BCUT2D eigenvalue weighted by Gasteiger charge is 2.17. The van der Waals surface area contributed by atoms with Crippen molar-refractivity contribution in [3.8, 4) is 0 Å². The van der Waals surface area contributed by atoms with Gasteiger partial charge in [0.1, 0.15) is 0 Å². The monoisotopic (exact) mass is 435 g/mol. The molecule has 0 aliphatic heterocycles. The average molecular weight is 436 g/mol. The maximum atomic E-state index is 3.67. The molecule has 0 saturated carbocycles. The summed E-state index contributed by atoms with van der Waals surface area (Å²) in [6, 6.07) is 11.1. The van der Waals surface area contributed by atoms with Gasteiger partial charge in [-0.3, -0.25) is 0 Å². The molecule has 1 nitrogen and oxygen atoms in total. The zero-order valence-corrected chi connectivity index (χ0v) is 14.7. The molecule has 1 atom stereocenters. The summed E-state index contributed by atoms with van der Waals surface area (Å²) in [5.41, 5.74) is 1.32. The first-order chi connectivity index (χ1) is 8.72. The maximum absolute atomic E-state index is 3.67. The molecular weight excluding hydrogens is 421 g/mol. The second kappa shape index (κ2) is 7.03. The van der Waals surface area contributed by atoms with Gasteiger partial charge in [0, 0.05) is 12.9 Å². The third kappa shape index (κ3) is 3.56. The second-order valence-corrected chi connectivity index (χ2v) is 7.15. The summed E-state index contributed by atoms with van der Waals surface area (Å²) in [4.78, 5) is 1.37. The predicted octanol–water partition coefficient (Wildman–Crippen LogP) is 5.20. The molecule has 0 radical (unpaired) electrons. The summed E-state index contributed by atoms with van der Waals surface area (Å²) in [6.45, 7) is 3.22. The lowest BCUT2D eigenvalue weighted by Gasteiger charge is -2.19. The second-order valence-electron chi connectivity index (χ2n) is 4.07. The predicted molar refractivity (Wildman–Crippen MR) is 91.3 cm³/mol. The molecule has 2 aromatic rings. The quantitative estimate of drug-likeness (QED) is 0.636. The number of halogens is 2. The lowest BCUT2D eigenvalue weighted by Crippen LogP contribution is -2.22. The molecule has 0 bridgehead atoms. The summed E-state index contributed by atoms with van der Waals surface area (Å²) >= 11 is 7.84. The summed E-state index contributed by atoms with van der Waals surface area (Å²) in [6.07, 6.45) is 1.14. The Morgan fingerprint density at radius 1 is 1.39 bits per heavy atom. The number of thiophene rings is 1. The van der Waals surface area contributed by atoms with Gasteiger partial charge in [0.25, 0.3) is 0 Å². The van der Waals surface area contributed by atoms with E-state index in [0.717, 1.165) is 13.0 Å². The van der Waals surface area contributed by atoms with Crippen molar-refractivity contribution in [2.24, 2.45) is 0 Å². The highest BCUT2D eigenvalue weighted by molar-refractivity contribution is 14.1. The molecule has 0 amide bonds. The van der Waals surface area contributed by atoms with Crippen LogP contribution < -0.4 is 5.32 Å². The van der Waals surface area contributed by atoms with Crippen molar-refractivity contribution in [3.63, 3.8) is 0 Å². The van der Waals surface area contributed by atoms with Crippen LogP contribution in [0, 0.1) is 3.57 Å². The Labute approximate surface area is 134 Å². The first-order valence-electron chi connectivity index (χ1n) is 5.94. The molecule has 1 heterocycles. The molecule has 1 N–H and O–H groups in total. The molecule has 1 aromatic carbocycles. The lowest BCUT2D eigenvalue weighted by atomic mass is 10.1. The van der Waals surface area contributed by atoms with Crippen LogP contribution in [-0.2, 0) is 0 Å². The normalized spacial score (nSPS) is 12.6. The fourth-order valence-corrected chi connectivity index (χ4v) is 3.65. The van der Waals surface area contributed by atoms with Crippen LogP contribution in [0.25, 0.3) is 0 Å². The van der Waals surface area contributed by atoms with Gasteiger partial charge >= 0.3 is 0 Å². The fraction of sp³-hybridized carbons (Fsp3) is 0.286. The molecular formula is C14H15BrINS. The van der Waals surface area contributed by atoms with Crippen molar-refractivity contribution in [1.82, 2.24) is 5.32 Å². The van der Waals surface area contributed by atoms with Gasteiger partial charge in [0.05, 0.1) is 6.04 Å². The third-order valence-electron chi connectivity index (χ3n) is 2.70. The Morgan fingerprint density at radius 2 is 2.22 bits per heavy atom. The summed E-state index contributed by atoms with van der Waals surface area (Å²) in [5, 5.41) is 5.77. The first-order valence-corrected chi connectivity index (χ1v) is 8.69. The van der Waals surface area contributed by atoms with E-state index < -0.39 is 0 Å². The zero-order valence-electron chi connectivity index (χ0n) is 10.1. The van der Waals surface area contributed by atoms with Crippen molar-refractivity contribution >= 4 is 49.9 Å². The highest BCUT2D eigenvalue weighted by atomic mass is 127. The molecule has 18 heavy (non-hydrogen) atoms. The molecule has 0 saturated heterocycles. The smallest absolute Gasteiger partial charge is 0.0682 e. The first kappa shape index (κ1) is 14.5. The van der Waals surface area contributed by atoms with E-state index in [-0.39, 0.29) is 6.04 Å². The average Bonchev–Trinajstić information content (AvgIpc) is 2.88. The Balaban J connectivity index is 2.36. The summed E-state index contributed by atoms with van der Waals surface area (Å²) in [5.74, 6) is 0. The van der Waals surface area contributed by atoms with E-state index >= 15 is 0 Å². The van der Waals surface area contributed by atoms with E-state index in [4.69, 9.17) is 0 Å². The van der Waals surface area contributed by atoms with Crippen molar-refractivity contribution in [2.45, 2.75) is 19.4 Å². The minimum absolute atomic E-state index is 0.286. The Kier molecular flexibility index (Phi) is 5.66. The van der Waals surface area contributed by atoms with Gasteiger partial charge in [0.15, 0.2) is 0 Å². The minimum atomic E-state index is 0.286. The molecule has 96 valence electrons. The van der Waals surface area contributed by atoms with Gasteiger partial charge in [-0.25, -0.2) is 0 Å². The SMILES string of the molecule is CCCNC(c1cccs1)c1cc(I)ccc1Br. The van der Waals surface area contributed by atoms with Gasteiger partial charge in [-0.15, -0.1) is 11.3 Å². The van der Waals surface area contributed by atoms with Crippen LogP contribution >= 0.6 is 49.9 Å². The van der Waals surface area contributed by atoms with E-state index in [1.807, 2.05) is 0 Å². The standard InChI is InChI=1S/C14H15BrINS/c1-2-7-17-14(13-4-3-8-18-13)11-9-10(16)5-6-12(11)15/h3-6,8-9,14,17H,2,7H2,1H3. The van der Waals surface area contributed by atoms with Gasteiger partial charge in [-0.2, -0.15) is 0 Å². The highest BCUT2D eigenvalue weighted by Crippen LogP contribution is 2.32. The Bertz CT molecular complexity index is 499. The van der Waals surface area contributed by atoms with Crippen molar-refractivity contribution < 1.29 is 0 Å². The molecule has 0 aliphatic rings. The van der Waals surface area contributed by atoms with Crippen LogP contribution in [-0.4, -0.2) is 6.54 Å². The topological polar surface area (TPSA) is 12.0 Å². The summed E-state index contributed by atoms with van der Waals surface area (Å²) in [7, 11) is 0. The summed E-state index contributed by atoms with van der Waals surface area (Å²) < 4.78 is 2.44. The van der Waals surface area contributed by atoms with Crippen molar-refractivity contribution in [1.29, 1.82) is 0 Å². The van der Waals surface area contributed by atoms with Crippen molar-refractivity contribution in [2.75, 3.05) is 6.54 Å². The molecule has 4 heteroatoms. The molecule has 2 rings (SSSR count). The largest absolute Gasteiger partial charge is 0.306 e. The van der Waals surface area contributed by atoms with E-state index in [0.29, 0.717) is 0 Å². The van der Waals surface area contributed by atoms with Crippen LogP contribution in [0.5, 0.6) is 0 Å². The van der Waals surface area contributed by atoms with Gasteiger partial charge in [0.2, 0.25) is 0 Å². The zero-order chi connectivity index (χ0) is 13.0. The van der Waals surface area contributed by atoms with Gasteiger partial charge in [-0.05, 0) is 70.8 Å². The third-order valence-corrected chi connectivity index (χ3v) is 5.03. The molecule has 0 fully saturated rings. The number of rotatable bonds is 5. The number of benzene rings is 1. The minimum Gasteiger partial charge on any atom is -0.306 e. The Morgan fingerprint density at radius 3 is 2.89 bits per heavy atom. The van der Waals surface area contributed by atoms with E-state index in [1.165, 1.54) is 18.5 Å². The van der Waals surface area contributed by atoms with E-state index in [9.17, 15) is 0 Å². The lowest BCUT2D eigenvalue weighted by molar-refractivity contribution is 0.604. The number of hydrogen-bond acceptors (Lipinski definition) is 2. The van der Waals surface area contributed by atoms with Crippen LogP contribution in [0.15, 0.2) is 40.2 Å². The molecule has 0 aliphatic carbocycles. The van der Waals surface area contributed by atoms with Crippen LogP contribution in [0.2, 0.25) is 0 Å². The Hall–Kier alpha value is 0.0900. The van der Waals surface area contributed by atoms with Crippen LogP contribution in [0.4, 0.5) is 0 Å². The molecule has 1 aromatic heterocycles. The van der Waals surface area contributed by atoms with Gasteiger partial charge < -0.3 is 5.32 Å². The van der Waals surface area contributed by atoms with Crippen LogP contribution in [0.3, 0.4) is 0 Å². The number of nitrogens with one attached hydrogen (secondary N) is 1. The maximum Gasteiger partial charge on any atom is 0.0682 e. The fourth-order valence-electron chi connectivity index (χ4n) is 1.84. The van der Waals surface area contributed by atoms with Gasteiger partial charge in [-0.1, -0.05) is 28.9 Å². The molecule has 0 spiro atoms.